The third kappa shape index (κ3) is 6.63. The highest BCUT2D eigenvalue weighted by atomic mass is 32.2. The molecule has 2 aromatic rings. The van der Waals surface area contributed by atoms with Gasteiger partial charge in [0.25, 0.3) is 0 Å². The summed E-state index contributed by atoms with van der Waals surface area (Å²) in [5, 5.41) is 5.49. The Balaban J connectivity index is 1.54. The Labute approximate surface area is 195 Å². The molecule has 33 heavy (non-hydrogen) atoms. The van der Waals surface area contributed by atoms with E-state index in [0.717, 1.165) is 25.9 Å². The molecular weight excluding hydrogens is 440 g/mol. The van der Waals surface area contributed by atoms with E-state index in [2.05, 4.69) is 45.4 Å². The molecule has 0 saturated carbocycles. The number of benzene rings is 2. The quantitative estimate of drug-likeness (QED) is 0.519. The van der Waals surface area contributed by atoms with Gasteiger partial charge in [-0.15, -0.1) is 0 Å². The van der Waals surface area contributed by atoms with Crippen LogP contribution in [0.3, 0.4) is 0 Å². The number of fused-ring (bicyclic) bond motifs is 1. The highest BCUT2D eigenvalue weighted by Gasteiger charge is 2.25. The number of anilines is 1. The van der Waals surface area contributed by atoms with Gasteiger partial charge >= 0.3 is 0 Å². The Bertz CT molecular complexity index is 1090. The van der Waals surface area contributed by atoms with E-state index >= 15 is 0 Å². The lowest BCUT2D eigenvalue weighted by molar-refractivity contribution is -0.122. The zero-order valence-corrected chi connectivity index (χ0v) is 20.1. The smallest absolute Gasteiger partial charge is 0.241 e. The van der Waals surface area contributed by atoms with Gasteiger partial charge in [-0.25, -0.2) is 8.42 Å². The van der Waals surface area contributed by atoms with Crippen LogP contribution >= 0.6 is 0 Å². The summed E-state index contributed by atoms with van der Waals surface area (Å²) in [5.41, 5.74) is 3.19. The van der Waals surface area contributed by atoms with Crippen molar-refractivity contribution in [3.8, 4) is 0 Å². The molecule has 8 nitrogen and oxygen atoms in total. The van der Waals surface area contributed by atoms with Gasteiger partial charge in [0.1, 0.15) is 0 Å². The third-order valence-corrected chi connectivity index (χ3v) is 7.43. The monoisotopic (exact) mass is 472 g/mol. The first kappa shape index (κ1) is 24.9. The van der Waals surface area contributed by atoms with E-state index in [-0.39, 0.29) is 22.8 Å². The number of hydrogen-bond donors (Lipinski definition) is 3. The van der Waals surface area contributed by atoms with Crippen LogP contribution in [0.15, 0.2) is 53.4 Å². The van der Waals surface area contributed by atoms with Crippen LogP contribution < -0.4 is 15.4 Å². The molecule has 2 atom stereocenters. The minimum atomic E-state index is -3.88. The summed E-state index contributed by atoms with van der Waals surface area (Å²) in [6, 6.07) is 13.4. The molecule has 1 aliphatic rings. The molecule has 0 aliphatic carbocycles. The first-order valence-electron chi connectivity index (χ1n) is 11.2. The van der Waals surface area contributed by atoms with Crippen molar-refractivity contribution in [1.82, 2.24) is 14.9 Å². The van der Waals surface area contributed by atoms with Crippen LogP contribution in [0.25, 0.3) is 0 Å². The van der Waals surface area contributed by atoms with E-state index < -0.39 is 16.1 Å². The topological polar surface area (TPSA) is 108 Å². The minimum Gasteiger partial charge on any atom is -0.353 e. The van der Waals surface area contributed by atoms with Gasteiger partial charge in [-0.2, -0.15) is 4.72 Å². The zero-order valence-electron chi connectivity index (χ0n) is 19.3. The largest absolute Gasteiger partial charge is 0.353 e. The van der Waals surface area contributed by atoms with E-state index in [1.54, 1.807) is 0 Å². The van der Waals surface area contributed by atoms with Crippen molar-refractivity contribution in [2.75, 3.05) is 18.4 Å². The average Bonchev–Trinajstić information content (AvgIpc) is 2.79. The van der Waals surface area contributed by atoms with Crippen molar-refractivity contribution in [1.29, 1.82) is 0 Å². The first-order chi connectivity index (χ1) is 15.7. The Kier molecular flexibility index (Phi) is 8.23. The summed E-state index contributed by atoms with van der Waals surface area (Å²) < 4.78 is 27.7. The fraction of sp³-hybridized carbons (Fsp3) is 0.417. The average molecular weight is 473 g/mol. The molecular formula is C24H32N4O4S. The summed E-state index contributed by atoms with van der Waals surface area (Å²) in [5.74, 6) is -0.613. The summed E-state index contributed by atoms with van der Waals surface area (Å²) in [6.07, 6.45) is 1.86. The van der Waals surface area contributed by atoms with Crippen LogP contribution in [0.5, 0.6) is 0 Å². The lowest BCUT2D eigenvalue weighted by Gasteiger charge is -2.35. The predicted molar refractivity (Wildman–Crippen MR) is 128 cm³/mol. The van der Waals surface area contributed by atoms with Gasteiger partial charge in [0.05, 0.1) is 10.9 Å². The van der Waals surface area contributed by atoms with Crippen molar-refractivity contribution in [3.05, 3.63) is 59.7 Å². The number of carbonyl (C=O) groups is 2. The van der Waals surface area contributed by atoms with Gasteiger partial charge in [-0.05, 0) is 55.2 Å². The second kappa shape index (κ2) is 10.9. The standard InChI is InChI=1S/C24H32N4O4S/c1-4-22(28-14-13-19-7-5-6-8-20(19)16-28)15-25-24(30)17(2)27-33(31,32)23-11-9-21(10-12-23)26-18(3)29/h5-12,17,22,27H,4,13-16H2,1-3H3,(H,25,30)(H,26,29)/t17-,22?/m0/s1. The van der Waals surface area contributed by atoms with E-state index in [0.29, 0.717) is 12.2 Å². The number of sulfonamides is 1. The number of nitrogens with zero attached hydrogens (tertiary/aromatic N) is 1. The van der Waals surface area contributed by atoms with Gasteiger partial charge in [0.15, 0.2) is 0 Å². The molecule has 3 rings (SSSR count). The van der Waals surface area contributed by atoms with Gasteiger partial charge in [0, 0.05) is 38.3 Å². The number of carbonyl (C=O) groups excluding carboxylic acids is 2. The molecule has 1 unspecified atom stereocenters. The fourth-order valence-electron chi connectivity index (χ4n) is 4.01. The van der Waals surface area contributed by atoms with Crippen molar-refractivity contribution in [3.63, 3.8) is 0 Å². The molecule has 178 valence electrons. The van der Waals surface area contributed by atoms with Crippen LogP contribution in [-0.2, 0) is 32.6 Å². The van der Waals surface area contributed by atoms with Gasteiger partial charge in [-0.3, -0.25) is 14.5 Å². The molecule has 0 bridgehead atoms. The van der Waals surface area contributed by atoms with Crippen molar-refractivity contribution < 1.29 is 18.0 Å². The fourth-order valence-corrected chi connectivity index (χ4v) is 5.21. The number of amides is 2. The highest BCUT2D eigenvalue weighted by molar-refractivity contribution is 7.89. The zero-order chi connectivity index (χ0) is 24.0. The second-order valence-electron chi connectivity index (χ2n) is 8.34. The second-order valence-corrected chi connectivity index (χ2v) is 10.1. The normalized spacial score (nSPS) is 15.8. The molecule has 0 fully saturated rings. The molecule has 1 heterocycles. The molecule has 3 N–H and O–H groups in total. The maximum absolute atomic E-state index is 12.7. The van der Waals surface area contributed by atoms with E-state index in [1.165, 1.54) is 49.2 Å². The van der Waals surface area contributed by atoms with Gasteiger partial charge < -0.3 is 10.6 Å². The van der Waals surface area contributed by atoms with E-state index in [4.69, 9.17) is 0 Å². The SMILES string of the molecule is CCC(CNC(=O)[C@H](C)NS(=O)(=O)c1ccc(NC(C)=O)cc1)N1CCc2ccccc2C1. The Morgan fingerprint density at radius 1 is 1.06 bits per heavy atom. The lowest BCUT2D eigenvalue weighted by atomic mass is 9.98. The van der Waals surface area contributed by atoms with E-state index in [1.807, 2.05) is 6.07 Å². The minimum absolute atomic E-state index is 0.0228. The Hall–Kier alpha value is -2.75. The predicted octanol–water partition coefficient (Wildman–Crippen LogP) is 2.26. The molecule has 2 aromatic carbocycles. The highest BCUT2D eigenvalue weighted by Crippen LogP contribution is 2.21. The summed E-state index contributed by atoms with van der Waals surface area (Å²) >= 11 is 0. The number of rotatable bonds is 9. The third-order valence-electron chi connectivity index (χ3n) is 5.87. The van der Waals surface area contributed by atoms with Crippen LogP contribution in [0.4, 0.5) is 5.69 Å². The van der Waals surface area contributed by atoms with Crippen LogP contribution in [0.1, 0.15) is 38.3 Å². The van der Waals surface area contributed by atoms with Crippen LogP contribution in [0.2, 0.25) is 0 Å². The van der Waals surface area contributed by atoms with Gasteiger partial charge in [0.2, 0.25) is 21.8 Å². The molecule has 9 heteroatoms. The van der Waals surface area contributed by atoms with Crippen molar-refractivity contribution in [2.45, 2.75) is 57.1 Å². The van der Waals surface area contributed by atoms with Crippen molar-refractivity contribution in [2.24, 2.45) is 0 Å². The van der Waals surface area contributed by atoms with Gasteiger partial charge in [-0.1, -0.05) is 31.2 Å². The lowest BCUT2D eigenvalue weighted by Crippen LogP contribution is -2.50. The van der Waals surface area contributed by atoms with E-state index in [9.17, 15) is 18.0 Å². The molecule has 0 spiro atoms. The summed E-state index contributed by atoms with van der Waals surface area (Å²) in [6.45, 7) is 7.22. The van der Waals surface area contributed by atoms with Crippen LogP contribution in [-0.4, -0.2) is 50.3 Å². The first-order valence-corrected chi connectivity index (χ1v) is 12.7. The number of nitrogens with one attached hydrogen (secondary N) is 3. The molecule has 0 saturated heterocycles. The van der Waals surface area contributed by atoms with Crippen molar-refractivity contribution >= 4 is 27.5 Å². The molecule has 0 radical (unpaired) electrons. The maximum Gasteiger partial charge on any atom is 0.241 e. The molecule has 2 amide bonds. The summed E-state index contributed by atoms with van der Waals surface area (Å²) in [4.78, 5) is 26.1. The summed E-state index contributed by atoms with van der Waals surface area (Å²) in [7, 11) is -3.88. The maximum atomic E-state index is 12.7. The Morgan fingerprint density at radius 3 is 2.36 bits per heavy atom. The molecule has 0 aromatic heterocycles. The number of hydrogen-bond acceptors (Lipinski definition) is 5. The molecule has 1 aliphatic heterocycles. The van der Waals surface area contributed by atoms with Crippen LogP contribution in [0, 0.1) is 0 Å². The Morgan fingerprint density at radius 2 is 1.73 bits per heavy atom.